The normalized spacial score (nSPS) is 25.8. The molecule has 0 saturated heterocycles. The van der Waals surface area contributed by atoms with Crippen LogP contribution < -0.4 is 0 Å². The van der Waals surface area contributed by atoms with Crippen LogP contribution in [-0.2, 0) is 4.74 Å². The Morgan fingerprint density at radius 3 is 2.48 bits per heavy atom. The maximum Gasteiger partial charge on any atom is 0.411 e. The minimum atomic E-state index is -0.523. The van der Waals surface area contributed by atoms with Gasteiger partial charge < -0.3 is 4.74 Å². The molecule has 180 valence electrons. The lowest BCUT2D eigenvalue weighted by atomic mass is 9.84. The van der Waals surface area contributed by atoms with Crippen molar-refractivity contribution >= 4 is 22.0 Å². The molecule has 0 radical (unpaired) electrons. The highest BCUT2D eigenvalue weighted by Crippen LogP contribution is 2.40. The van der Waals surface area contributed by atoms with Gasteiger partial charge in [-0.15, -0.1) is 0 Å². The molecule has 33 heavy (non-hydrogen) atoms. The Labute approximate surface area is 209 Å². The van der Waals surface area contributed by atoms with Gasteiger partial charge in [-0.2, -0.15) is 0 Å². The topological polar surface area (TPSA) is 29.5 Å². The predicted molar refractivity (Wildman–Crippen MR) is 141 cm³/mol. The molecule has 4 atom stereocenters. The van der Waals surface area contributed by atoms with Gasteiger partial charge in [0, 0.05) is 10.5 Å². The quantitative estimate of drug-likeness (QED) is 0.394. The average Bonchev–Trinajstić information content (AvgIpc) is 3.21. The van der Waals surface area contributed by atoms with Gasteiger partial charge in [-0.3, -0.25) is 4.90 Å². The fraction of sp³-hybridized carbons (Fsp3) is 0.552. The van der Waals surface area contributed by atoms with Crippen LogP contribution in [0.25, 0.3) is 0 Å². The highest BCUT2D eigenvalue weighted by molar-refractivity contribution is 9.10. The van der Waals surface area contributed by atoms with E-state index in [1.165, 1.54) is 16.7 Å². The third-order valence-corrected chi connectivity index (χ3v) is 7.41. The molecule has 1 saturated carbocycles. The first-order chi connectivity index (χ1) is 15.6. The molecule has 1 amide bonds. The average molecular weight is 515 g/mol. The maximum atomic E-state index is 13.6. The molecule has 2 aliphatic carbocycles. The Bertz CT molecular complexity index is 907. The smallest absolute Gasteiger partial charge is 0.411 e. The Balaban J connectivity index is 1.94. The molecule has 0 heterocycles. The summed E-state index contributed by atoms with van der Waals surface area (Å²) in [6.07, 6.45) is 14.0. The third-order valence-electron chi connectivity index (χ3n) is 6.89. The molecule has 0 spiro atoms. The number of carbonyl (C=O) groups excluding carboxylic acids is 1. The van der Waals surface area contributed by atoms with Crippen molar-refractivity contribution in [2.75, 3.05) is 0 Å². The number of halogens is 1. The molecular weight excluding hydrogens is 474 g/mol. The second kappa shape index (κ2) is 11.1. The van der Waals surface area contributed by atoms with Crippen LogP contribution in [0.15, 0.2) is 64.2 Å². The van der Waals surface area contributed by atoms with E-state index in [0.29, 0.717) is 11.8 Å². The van der Waals surface area contributed by atoms with Crippen LogP contribution in [0.5, 0.6) is 0 Å². The number of nitrogens with zero attached hydrogens (tertiary/aromatic N) is 1. The molecule has 0 aliphatic heterocycles. The van der Waals surface area contributed by atoms with Gasteiger partial charge in [-0.1, -0.05) is 59.3 Å². The summed E-state index contributed by atoms with van der Waals surface area (Å²) in [5.41, 5.74) is 3.42. The van der Waals surface area contributed by atoms with E-state index in [1.54, 1.807) is 0 Å². The van der Waals surface area contributed by atoms with Gasteiger partial charge in [0.2, 0.25) is 0 Å². The second-order valence-electron chi connectivity index (χ2n) is 10.6. The number of hydrogen-bond donors (Lipinski definition) is 0. The van der Waals surface area contributed by atoms with Crippen LogP contribution in [0.4, 0.5) is 4.79 Å². The first-order valence-electron chi connectivity index (χ1n) is 12.4. The number of benzene rings is 1. The summed E-state index contributed by atoms with van der Waals surface area (Å²) >= 11 is 3.54. The zero-order chi connectivity index (χ0) is 24.2. The van der Waals surface area contributed by atoms with Crippen molar-refractivity contribution in [1.29, 1.82) is 0 Å². The summed E-state index contributed by atoms with van der Waals surface area (Å²) < 4.78 is 7.05. The number of rotatable bonds is 5. The van der Waals surface area contributed by atoms with Crippen molar-refractivity contribution in [3.63, 3.8) is 0 Å². The Kier molecular flexibility index (Phi) is 8.66. The van der Waals surface area contributed by atoms with E-state index in [4.69, 9.17) is 4.74 Å². The molecule has 2 aliphatic rings. The largest absolute Gasteiger partial charge is 0.444 e. The van der Waals surface area contributed by atoms with E-state index in [1.807, 2.05) is 25.7 Å². The Morgan fingerprint density at radius 2 is 1.88 bits per heavy atom. The second-order valence-corrected chi connectivity index (χ2v) is 11.5. The van der Waals surface area contributed by atoms with E-state index in [0.717, 1.165) is 36.6 Å². The molecule has 0 aromatic heterocycles. The van der Waals surface area contributed by atoms with Gasteiger partial charge in [-0.05, 0) is 107 Å². The lowest BCUT2D eigenvalue weighted by Gasteiger charge is -2.38. The monoisotopic (exact) mass is 513 g/mol. The lowest BCUT2D eigenvalue weighted by Crippen LogP contribution is -2.48. The highest BCUT2D eigenvalue weighted by Gasteiger charge is 2.38. The molecule has 1 fully saturated rings. The van der Waals surface area contributed by atoms with Crippen LogP contribution in [0.3, 0.4) is 0 Å². The van der Waals surface area contributed by atoms with Gasteiger partial charge in [0.25, 0.3) is 0 Å². The number of allylic oxidation sites excluding steroid dienone is 4. The minimum absolute atomic E-state index is 0.0510. The summed E-state index contributed by atoms with van der Waals surface area (Å²) in [6.45, 7) is 12.4. The van der Waals surface area contributed by atoms with Crippen molar-refractivity contribution in [3.05, 3.63) is 69.8 Å². The summed E-state index contributed by atoms with van der Waals surface area (Å²) in [5.74, 6) is 0.954. The van der Waals surface area contributed by atoms with Crippen LogP contribution in [0.1, 0.15) is 85.1 Å². The van der Waals surface area contributed by atoms with Crippen LogP contribution in [-0.4, -0.2) is 28.7 Å². The van der Waals surface area contributed by atoms with Gasteiger partial charge in [-0.25, -0.2) is 4.79 Å². The lowest BCUT2D eigenvalue weighted by molar-refractivity contribution is 0.0108. The summed E-state index contributed by atoms with van der Waals surface area (Å²) in [6, 6.07) is 8.75. The summed E-state index contributed by atoms with van der Waals surface area (Å²) in [4.78, 5) is 15.6. The molecule has 1 aromatic rings. The number of carbonyl (C=O) groups is 1. The molecule has 3 nitrogen and oxygen atoms in total. The van der Waals surface area contributed by atoms with Crippen molar-refractivity contribution in [2.24, 2.45) is 5.92 Å². The molecular formula is C29H40BrNO2. The first kappa shape index (κ1) is 25.8. The standard InChI is InChI=1S/C29H40BrNO2/c1-7-10-27(26-12-9-8-11-20(26)2)21(3)31(28(32)33-29(4,5)6)25-18-15-23(19-25)22-13-16-24(30)17-14-22/h7,9-10,12-14,16-17,20-21,23,25H,8,11,15,18-19H2,1-6H3/b10-7-,27-26+/t20?,21-,23-,25+/m1/s1. The number of ether oxygens (including phenoxy) is 1. The minimum Gasteiger partial charge on any atom is -0.444 e. The number of hydrogen-bond acceptors (Lipinski definition) is 2. The molecule has 1 unspecified atom stereocenters. The van der Waals surface area contributed by atoms with Crippen LogP contribution in [0.2, 0.25) is 0 Å². The molecule has 0 N–H and O–H groups in total. The predicted octanol–water partition coefficient (Wildman–Crippen LogP) is 8.57. The van der Waals surface area contributed by atoms with E-state index < -0.39 is 5.60 Å². The van der Waals surface area contributed by atoms with Crippen LogP contribution >= 0.6 is 15.9 Å². The van der Waals surface area contributed by atoms with Gasteiger partial charge in [0.15, 0.2) is 0 Å². The van der Waals surface area contributed by atoms with Crippen molar-refractivity contribution in [2.45, 2.75) is 97.2 Å². The molecule has 1 aromatic carbocycles. The van der Waals surface area contributed by atoms with E-state index in [9.17, 15) is 4.79 Å². The Hall–Kier alpha value is -1.81. The highest BCUT2D eigenvalue weighted by atomic mass is 79.9. The zero-order valence-electron chi connectivity index (χ0n) is 21.1. The maximum absolute atomic E-state index is 13.6. The zero-order valence-corrected chi connectivity index (χ0v) is 22.7. The SMILES string of the molecule is C/C=C\C(=C1\C=CCCC1C)[C@@H](C)N(C(=O)OC(C)(C)C)[C@H]1CC[C@@H](c2ccc(Br)cc2)C1. The first-order valence-corrected chi connectivity index (χ1v) is 13.2. The molecule has 3 rings (SSSR count). The van der Waals surface area contributed by atoms with E-state index in [-0.39, 0.29) is 18.2 Å². The third kappa shape index (κ3) is 6.62. The summed E-state index contributed by atoms with van der Waals surface area (Å²) in [7, 11) is 0. The fourth-order valence-electron chi connectivity index (χ4n) is 5.25. The summed E-state index contributed by atoms with van der Waals surface area (Å²) in [5, 5.41) is 0. The molecule has 4 heteroatoms. The molecule has 0 bridgehead atoms. The van der Waals surface area contributed by atoms with E-state index in [2.05, 4.69) is 85.3 Å². The van der Waals surface area contributed by atoms with Crippen LogP contribution in [0, 0.1) is 5.92 Å². The van der Waals surface area contributed by atoms with Gasteiger partial charge in [0.1, 0.15) is 5.60 Å². The van der Waals surface area contributed by atoms with Crippen molar-refractivity contribution in [1.82, 2.24) is 4.90 Å². The van der Waals surface area contributed by atoms with E-state index >= 15 is 0 Å². The van der Waals surface area contributed by atoms with Crippen molar-refractivity contribution in [3.8, 4) is 0 Å². The Morgan fingerprint density at radius 1 is 1.18 bits per heavy atom. The number of amides is 1. The van der Waals surface area contributed by atoms with Gasteiger partial charge in [0.05, 0.1) is 6.04 Å². The van der Waals surface area contributed by atoms with Gasteiger partial charge >= 0.3 is 6.09 Å². The van der Waals surface area contributed by atoms with Crippen molar-refractivity contribution < 1.29 is 9.53 Å². The fourth-order valence-corrected chi connectivity index (χ4v) is 5.51.